The van der Waals surface area contributed by atoms with Crippen LogP contribution in [-0.2, 0) is 0 Å². The van der Waals surface area contributed by atoms with Crippen LogP contribution in [0.2, 0.25) is 0 Å². The SMILES string of the molecule is CC[C@@H](C)[C@H](O)CNc1nccnc1C#N. The number of nitriles is 1. The first-order chi connectivity index (χ1) is 7.69. The van der Waals surface area contributed by atoms with Gasteiger partial charge in [-0.05, 0) is 5.92 Å². The average molecular weight is 220 g/mol. The highest BCUT2D eigenvalue weighted by atomic mass is 16.3. The summed E-state index contributed by atoms with van der Waals surface area (Å²) in [4.78, 5) is 7.87. The van der Waals surface area contributed by atoms with Crippen molar-refractivity contribution in [3.05, 3.63) is 18.1 Å². The maximum atomic E-state index is 9.75. The van der Waals surface area contributed by atoms with E-state index in [1.54, 1.807) is 0 Å². The number of aromatic nitrogens is 2. The van der Waals surface area contributed by atoms with E-state index in [0.717, 1.165) is 6.42 Å². The van der Waals surface area contributed by atoms with Crippen molar-refractivity contribution in [1.82, 2.24) is 9.97 Å². The molecule has 0 saturated heterocycles. The molecule has 16 heavy (non-hydrogen) atoms. The van der Waals surface area contributed by atoms with Crippen molar-refractivity contribution in [3.63, 3.8) is 0 Å². The third-order valence-corrected chi connectivity index (χ3v) is 2.58. The number of anilines is 1. The Labute approximate surface area is 95.2 Å². The van der Waals surface area contributed by atoms with Crippen LogP contribution >= 0.6 is 0 Å². The zero-order chi connectivity index (χ0) is 12.0. The molecule has 5 nitrogen and oxygen atoms in total. The minimum absolute atomic E-state index is 0.217. The molecule has 1 rings (SSSR count). The Morgan fingerprint density at radius 3 is 2.81 bits per heavy atom. The Kier molecular flexibility index (Phi) is 4.67. The topological polar surface area (TPSA) is 81.8 Å². The number of rotatable bonds is 5. The summed E-state index contributed by atoms with van der Waals surface area (Å²) in [5, 5.41) is 21.5. The van der Waals surface area contributed by atoms with Crippen molar-refractivity contribution in [2.75, 3.05) is 11.9 Å². The molecule has 0 aromatic carbocycles. The summed E-state index contributed by atoms with van der Waals surface area (Å²) in [5.74, 6) is 0.641. The van der Waals surface area contributed by atoms with E-state index in [0.29, 0.717) is 12.4 Å². The fraction of sp³-hybridized carbons (Fsp3) is 0.545. The smallest absolute Gasteiger partial charge is 0.182 e. The Morgan fingerprint density at radius 2 is 2.19 bits per heavy atom. The molecule has 0 bridgehead atoms. The lowest BCUT2D eigenvalue weighted by atomic mass is 10.0. The van der Waals surface area contributed by atoms with Gasteiger partial charge in [0.05, 0.1) is 6.10 Å². The first-order valence-electron chi connectivity index (χ1n) is 5.32. The molecule has 0 aliphatic carbocycles. The molecule has 0 amide bonds. The van der Waals surface area contributed by atoms with Crippen LogP contribution in [0.5, 0.6) is 0 Å². The molecule has 2 atom stereocenters. The Morgan fingerprint density at radius 1 is 1.50 bits per heavy atom. The molecule has 1 aromatic rings. The fourth-order valence-corrected chi connectivity index (χ4v) is 1.22. The van der Waals surface area contributed by atoms with E-state index in [2.05, 4.69) is 15.3 Å². The van der Waals surface area contributed by atoms with Crippen LogP contribution in [-0.4, -0.2) is 27.7 Å². The molecule has 0 saturated carbocycles. The Hall–Kier alpha value is -1.67. The quantitative estimate of drug-likeness (QED) is 0.778. The fourth-order valence-electron chi connectivity index (χ4n) is 1.22. The summed E-state index contributed by atoms with van der Waals surface area (Å²) in [7, 11) is 0. The first kappa shape index (κ1) is 12.4. The third-order valence-electron chi connectivity index (χ3n) is 2.58. The van der Waals surface area contributed by atoms with Gasteiger partial charge in [0.15, 0.2) is 11.5 Å². The summed E-state index contributed by atoms with van der Waals surface area (Å²) in [6.45, 7) is 4.38. The van der Waals surface area contributed by atoms with Crippen LogP contribution in [0, 0.1) is 17.2 Å². The van der Waals surface area contributed by atoms with Crippen molar-refractivity contribution in [2.45, 2.75) is 26.4 Å². The molecule has 5 heteroatoms. The van der Waals surface area contributed by atoms with Gasteiger partial charge in [0.2, 0.25) is 0 Å². The minimum Gasteiger partial charge on any atom is -0.391 e. The second-order valence-corrected chi connectivity index (χ2v) is 3.70. The Balaban J connectivity index is 2.58. The first-order valence-corrected chi connectivity index (χ1v) is 5.32. The highest BCUT2D eigenvalue weighted by Crippen LogP contribution is 2.10. The summed E-state index contributed by atoms with van der Waals surface area (Å²) < 4.78 is 0. The number of hydrogen-bond donors (Lipinski definition) is 2. The van der Waals surface area contributed by atoms with E-state index in [-0.39, 0.29) is 11.6 Å². The van der Waals surface area contributed by atoms with Gasteiger partial charge >= 0.3 is 0 Å². The van der Waals surface area contributed by atoms with Gasteiger partial charge < -0.3 is 10.4 Å². The van der Waals surface area contributed by atoms with Gasteiger partial charge in [-0.3, -0.25) is 0 Å². The number of nitrogens with one attached hydrogen (secondary N) is 1. The number of aliphatic hydroxyl groups excluding tert-OH is 1. The maximum absolute atomic E-state index is 9.75. The van der Waals surface area contributed by atoms with E-state index < -0.39 is 6.10 Å². The lowest BCUT2D eigenvalue weighted by Crippen LogP contribution is -2.26. The van der Waals surface area contributed by atoms with Crippen molar-refractivity contribution >= 4 is 5.82 Å². The molecule has 86 valence electrons. The highest BCUT2D eigenvalue weighted by Gasteiger charge is 2.13. The van der Waals surface area contributed by atoms with E-state index in [1.165, 1.54) is 12.4 Å². The lowest BCUT2D eigenvalue weighted by molar-refractivity contribution is 0.126. The van der Waals surface area contributed by atoms with Crippen LogP contribution in [0.15, 0.2) is 12.4 Å². The van der Waals surface area contributed by atoms with Crippen LogP contribution < -0.4 is 5.32 Å². The number of aliphatic hydroxyl groups is 1. The van der Waals surface area contributed by atoms with E-state index in [4.69, 9.17) is 5.26 Å². The van der Waals surface area contributed by atoms with Crippen LogP contribution in [0.1, 0.15) is 26.0 Å². The third kappa shape index (κ3) is 3.17. The highest BCUT2D eigenvalue weighted by molar-refractivity contribution is 5.46. The number of hydrogen-bond acceptors (Lipinski definition) is 5. The molecule has 0 radical (unpaired) electrons. The molecule has 1 heterocycles. The molecule has 0 fully saturated rings. The largest absolute Gasteiger partial charge is 0.391 e. The second kappa shape index (κ2) is 6.03. The predicted molar refractivity (Wildman–Crippen MR) is 60.7 cm³/mol. The van der Waals surface area contributed by atoms with E-state index >= 15 is 0 Å². The van der Waals surface area contributed by atoms with Gasteiger partial charge in [-0.1, -0.05) is 20.3 Å². The van der Waals surface area contributed by atoms with Gasteiger partial charge in [-0.15, -0.1) is 0 Å². The van der Waals surface area contributed by atoms with Crippen LogP contribution in [0.25, 0.3) is 0 Å². The minimum atomic E-state index is -0.446. The van der Waals surface area contributed by atoms with Crippen LogP contribution in [0.3, 0.4) is 0 Å². The van der Waals surface area contributed by atoms with Crippen molar-refractivity contribution < 1.29 is 5.11 Å². The van der Waals surface area contributed by atoms with Crippen molar-refractivity contribution in [3.8, 4) is 6.07 Å². The van der Waals surface area contributed by atoms with Gasteiger partial charge in [0.1, 0.15) is 6.07 Å². The van der Waals surface area contributed by atoms with Gasteiger partial charge in [-0.2, -0.15) is 5.26 Å². The molecule has 0 aliphatic heterocycles. The maximum Gasteiger partial charge on any atom is 0.182 e. The van der Waals surface area contributed by atoms with Gasteiger partial charge in [0.25, 0.3) is 0 Å². The molecule has 0 aliphatic rings. The molecular formula is C11H16N4O. The zero-order valence-corrected chi connectivity index (χ0v) is 9.51. The standard InChI is InChI=1S/C11H16N4O/c1-3-8(2)10(16)7-15-11-9(6-12)13-4-5-14-11/h4-5,8,10,16H,3,7H2,1-2H3,(H,14,15)/t8-,10-/m1/s1. The van der Waals surface area contributed by atoms with E-state index in [9.17, 15) is 5.11 Å². The summed E-state index contributed by atoms with van der Waals surface area (Å²) >= 11 is 0. The van der Waals surface area contributed by atoms with Crippen molar-refractivity contribution in [1.29, 1.82) is 5.26 Å². The van der Waals surface area contributed by atoms with Crippen molar-refractivity contribution in [2.24, 2.45) is 5.92 Å². The Bertz CT molecular complexity index is 374. The summed E-state index contributed by atoms with van der Waals surface area (Å²) in [6.07, 6.45) is 3.45. The van der Waals surface area contributed by atoms with Gasteiger partial charge in [0, 0.05) is 18.9 Å². The molecule has 1 aromatic heterocycles. The van der Waals surface area contributed by atoms with Gasteiger partial charge in [-0.25, -0.2) is 9.97 Å². The monoisotopic (exact) mass is 220 g/mol. The van der Waals surface area contributed by atoms with Crippen LogP contribution in [0.4, 0.5) is 5.82 Å². The molecule has 0 spiro atoms. The molecule has 2 N–H and O–H groups in total. The normalized spacial score (nSPS) is 13.9. The summed E-state index contributed by atoms with van der Waals surface area (Å²) in [6, 6.07) is 1.94. The predicted octanol–water partition coefficient (Wildman–Crippen LogP) is 1.17. The second-order valence-electron chi connectivity index (χ2n) is 3.70. The molecule has 0 unspecified atom stereocenters. The molecular weight excluding hydrogens is 204 g/mol. The van der Waals surface area contributed by atoms with E-state index in [1.807, 2.05) is 19.9 Å². The zero-order valence-electron chi connectivity index (χ0n) is 9.51. The summed E-state index contributed by atoms with van der Waals surface area (Å²) in [5.41, 5.74) is 0.249. The number of nitrogens with zero attached hydrogens (tertiary/aromatic N) is 3. The lowest BCUT2D eigenvalue weighted by Gasteiger charge is -2.17. The average Bonchev–Trinajstić information content (AvgIpc) is 2.35.